The number of ether oxygens (including phenoxy) is 1. The first-order valence-electron chi connectivity index (χ1n) is 10.2. The fourth-order valence-corrected chi connectivity index (χ4v) is 3.24. The Morgan fingerprint density at radius 3 is 2.07 bits per heavy atom. The number of aryl methyl sites for hydroxylation is 2. The van der Waals surface area contributed by atoms with Gasteiger partial charge in [0.25, 0.3) is 0 Å². The molecular weight excluding hydrogens is 361 g/mol. The summed E-state index contributed by atoms with van der Waals surface area (Å²) in [7, 11) is 0. The highest BCUT2D eigenvalue weighted by atomic mass is 19.1. The summed E-state index contributed by atoms with van der Waals surface area (Å²) in [4.78, 5) is 0. The molecular formula is C26H26FNO. The van der Waals surface area contributed by atoms with Crippen LogP contribution in [0.4, 0.5) is 4.39 Å². The van der Waals surface area contributed by atoms with Gasteiger partial charge in [0.1, 0.15) is 17.6 Å². The maximum Gasteiger partial charge on any atom is 0.141 e. The summed E-state index contributed by atoms with van der Waals surface area (Å²) in [6.45, 7) is 2.96. The second-order valence-corrected chi connectivity index (χ2v) is 7.20. The number of rotatable bonds is 9. The van der Waals surface area contributed by atoms with Gasteiger partial charge in [-0.15, -0.1) is 0 Å². The van der Waals surface area contributed by atoms with Crippen molar-refractivity contribution in [2.24, 2.45) is 0 Å². The quantitative estimate of drug-likeness (QED) is 0.382. The molecule has 3 heteroatoms. The van der Waals surface area contributed by atoms with E-state index in [2.05, 4.69) is 43.3 Å². The van der Waals surface area contributed by atoms with Crippen molar-refractivity contribution in [3.05, 3.63) is 89.2 Å². The molecule has 29 heavy (non-hydrogen) atoms. The van der Waals surface area contributed by atoms with E-state index < -0.39 is 5.82 Å². The fourth-order valence-electron chi connectivity index (χ4n) is 3.24. The Morgan fingerprint density at radius 1 is 0.828 bits per heavy atom. The lowest BCUT2D eigenvalue weighted by atomic mass is 10.00. The van der Waals surface area contributed by atoms with Crippen molar-refractivity contribution >= 4 is 0 Å². The Balaban J connectivity index is 1.55. The van der Waals surface area contributed by atoms with E-state index >= 15 is 0 Å². The van der Waals surface area contributed by atoms with Gasteiger partial charge >= 0.3 is 0 Å². The lowest BCUT2D eigenvalue weighted by Gasteiger charge is -2.08. The monoisotopic (exact) mass is 387 g/mol. The molecule has 0 aliphatic heterocycles. The molecule has 0 atom stereocenters. The molecule has 0 heterocycles. The fraction of sp³-hybridized carbons (Fsp3) is 0.269. The third-order valence-electron chi connectivity index (χ3n) is 5.01. The number of unbranched alkanes of at least 4 members (excludes halogenated alkanes) is 2. The van der Waals surface area contributed by atoms with Gasteiger partial charge in [0.05, 0.1) is 12.2 Å². The lowest BCUT2D eigenvalue weighted by molar-refractivity contribution is 0.306. The second kappa shape index (κ2) is 10.4. The van der Waals surface area contributed by atoms with E-state index in [0.717, 1.165) is 48.3 Å². The molecule has 3 rings (SSSR count). The lowest BCUT2D eigenvalue weighted by Crippen LogP contribution is -1.96. The average molecular weight is 387 g/mol. The van der Waals surface area contributed by atoms with Crippen LogP contribution in [0.25, 0.3) is 11.1 Å². The predicted molar refractivity (Wildman–Crippen MR) is 115 cm³/mol. The van der Waals surface area contributed by atoms with Crippen molar-refractivity contribution in [3.8, 4) is 22.9 Å². The van der Waals surface area contributed by atoms with Gasteiger partial charge in [-0.05, 0) is 65.8 Å². The van der Waals surface area contributed by atoms with Crippen molar-refractivity contribution in [2.45, 2.75) is 39.0 Å². The Kier molecular flexibility index (Phi) is 7.41. The largest absolute Gasteiger partial charge is 0.494 e. The topological polar surface area (TPSA) is 33.0 Å². The summed E-state index contributed by atoms with van der Waals surface area (Å²) in [6.07, 6.45) is 5.06. The van der Waals surface area contributed by atoms with Crippen LogP contribution in [0.1, 0.15) is 42.9 Å². The van der Waals surface area contributed by atoms with Crippen molar-refractivity contribution in [1.82, 2.24) is 0 Å². The summed E-state index contributed by atoms with van der Waals surface area (Å²) in [5.41, 5.74) is 4.52. The van der Waals surface area contributed by atoms with E-state index in [1.807, 2.05) is 24.3 Å². The Labute approximate surface area is 172 Å². The molecule has 2 nitrogen and oxygen atoms in total. The van der Waals surface area contributed by atoms with Crippen LogP contribution in [0.5, 0.6) is 5.75 Å². The second-order valence-electron chi connectivity index (χ2n) is 7.20. The zero-order valence-electron chi connectivity index (χ0n) is 16.8. The molecule has 0 fully saturated rings. The van der Waals surface area contributed by atoms with Gasteiger partial charge in [0.2, 0.25) is 0 Å². The number of benzene rings is 3. The molecule has 3 aromatic carbocycles. The van der Waals surface area contributed by atoms with E-state index in [9.17, 15) is 4.39 Å². The van der Waals surface area contributed by atoms with Gasteiger partial charge in [-0.1, -0.05) is 62.2 Å². The zero-order valence-corrected chi connectivity index (χ0v) is 16.8. The smallest absolute Gasteiger partial charge is 0.141 e. The van der Waals surface area contributed by atoms with Crippen molar-refractivity contribution in [1.29, 1.82) is 5.26 Å². The van der Waals surface area contributed by atoms with Crippen LogP contribution < -0.4 is 4.74 Å². The first kappa shape index (κ1) is 20.6. The van der Waals surface area contributed by atoms with Crippen LogP contribution in [0.2, 0.25) is 0 Å². The van der Waals surface area contributed by atoms with Gasteiger partial charge in [0.15, 0.2) is 0 Å². The maximum atomic E-state index is 13.7. The summed E-state index contributed by atoms with van der Waals surface area (Å²) < 4.78 is 19.5. The van der Waals surface area contributed by atoms with E-state index in [1.165, 1.54) is 24.5 Å². The zero-order chi connectivity index (χ0) is 20.5. The molecule has 0 N–H and O–H groups in total. The maximum absolute atomic E-state index is 13.7. The summed E-state index contributed by atoms with van der Waals surface area (Å²) in [5, 5.41) is 8.81. The number of nitriles is 1. The van der Waals surface area contributed by atoms with Crippen LogP contribution in [0, 0.1) is 17.1 Å². The predicted octanol–water partition coefficient (Wildman–Crippen LogP) is 6.72. The first-order chi connectivity index (χ1) is 14.2. The molecule has 3 aromatic rings. The van der Waals surface area contributed by atoms with Crippen LogP contribution in [0.3, 0.4) is 0 Å². The molecule has 0 spiro atoms. The Hall–Kier alpha value is -3.12. The highest BCUT2D eigenvalue weighted by Crippen LogP contribution is 2.23. The first-order valence-corrected chi connectivity index (χ1v) is 10.2. The summed E-state index contributed by atoms with van der Waals surface area (Å²) in [6, 6.07) is 23.4. The van der Waals surface area contributed by atoms with E-state index in [4.69, 9.17) is 10.00 Å². The molecule has 0 radical (unpaired) electrons. The van der Waals surface area contributed by atoms with Gasteiger partial charge < -0.3 is 4.74 Å². The average Bonchev–Trinajstić information content (AvgIpc) is 2.76. The van der Waals surface area contributed by atoms with Gasteiger partial charge in [-0.25, -0.2) is 4.39 Å². The third-order valence-corrected chi connectivity index (χ3v) is 5.01. The molecule has 0 aromatic heterocycles. The normalized spacial score (nSPS) is 10.5. The third kappa shape index (κ3) is 5.93. The molecule has 0 unspecified atom stereocenters. The molecule has 0 saturated heterocycles. The van der Waals surface area contributed by atoms with Crippen LogP contribution >= 0.6 is 0 Å². The van der Waals surface area contributed by atoms with Crippen LogP contribution in [-0.4, -0.2) is 6.61 Å². The van der Waals surface area contributed by atoms with Crippen molar-refractivity contribution < 1.29 is 9.13 Å². The van der Waals surface area contributed by atoms with E-state index in [1.54, 1.807) is 6.07 Å². The van der Waals surface area contributed by atoms with E-state index in [0.29, 0.717) is 0 Å². The van der Waals surface area contributed by atoms with Gasteiger partial charge in [-0.2, -0.15) is 5.26 Å². The standard InChI is InChI=1S/C26H26FNO/c1-2-3-4-17-29-25-15-13-23(14-16-25)22-10-7-20(8-11-22)5-6-21-9-12-24(19-28)26(27)18-21/h7-16,18H,2-6,17H2,1H3. The van der Waals surface area contributed by atoms with Crippen molar-refractivity contribution in [2.75, 3.05) is 6.61 Å². The van der Waals surface area contributed by atoms with Crippen LogP contribution in [0.15, 0.2) is 66.7 Å². The minimum Gasteiger partial charge on any atom is -0.494 e. The van der Waals surface area contributed by atoms with Crippen molar-refractivity contribution in [3.63, 3.8) is 0 Å². The Morgan fingerprint density at radius 2 is 1.45 bits per heavy atom. The molecule has 0 aliphatic carbocycles. The van der Waals surface area contributed by atoms with Crippen LogP contribution in [-0.2, 0) is 12.8 Å². The molecule has 0 saturated carbocycles. The number of nitrogens with zero attached hydrogens (tertiary/aromatic N) is 1. The number of halogens is 1. The van der Waals surface area contributed by atoms with E-state index in [-0.39, 0.29) is 5.56 Å². The van der Waals surface area contributed by atoms with Gasteiger partial charge in [0, 0.05) is 0 Å². The molecule has 148 valence electrons. The summed E-state index contributed by atoms with van der Waals surface area (Å²) in [5.74, 6) is 0.467. The molecule has 0 amide bonds. The Bertz CT molecular complexity index is 955. The number of hydrogen-bond donors (Lipinski definition) is 0. The summed E-state index contributed by atoms with van der Waals surface area (Å²) >= 11 is 0. The number of hydrogen-bond acceptors (Lipinski definition) is 2. The highest BCUT2D eigenvalue weighted by molar-refractivity contribution is 5.64. The minimum absolute atomic E-state index is 0.0930. The minimum atomic E-state index is -0.446. The highest BCUT2D eigenvalue weighted by Gasteiger charge is 2.04. The SMILES string of the molecule is CCCCCOc1ccc(-c2ccc(CCc3ccc(C#N)c(F)c3)cc2)cc1. The molecule has 0 aliphatic rings. The van der Waals surface area contributed by atoms with Gasteiger partial charge in [-0.3, -0.25) is 0 Å². The molecule has 0 bridgehead atoms.